The van der Waals surface area contributed by atoms with Gasteiger partial charge in [0.25, 0.3) is 5.91 Å². The van der Waals surface area contributed by atoms with Crippen LogP contribution in [0.25, 0.3) is 0 Å². The molecular weight excluding hydrogens is 294 g/mol. The van der Waals surface area contributed by atoms with Crippen molar-refractivity contribution in [3.8, 4) is 11.5 Å². The number of phenolic OH excluding ortho intramolecular Hbond substituents is 1. The molecule has 1 saturated heterocycles. The van der Waals surface area contributed by atoms with Gasteiger partial charge in [0, 0.05) is 11.6 Å². The number of phenols is 1. The standard InChI is InChI=1S/C17H23N3O3/c1-2-10-23-15-7-6-14(16(21)11-15)12-18-19-17(22)13-20-8-4-3-5-9-20/h2,6-7,11-12,21H,1,3-5,8-10,13H2,(H,19,22)/b18-12-. The van der Waals surface area contributed by atoms with E-state index in [1.165, 1.54) is 18.7 Å². The van der Waals surface area contributed by atoms with Crippen molar-refractivity contribution in [1.82, 2.24) is 10.3 Å². The van der Waals surface area contributed by atoms with E-state index in [2.05, 4.69) is 22.0 Å². The number of piperidine rings is 1. The highest BCUT2D eigenvalue weighted by atomic mass is 16.5. The lowest BCUT2D eigenvalue weighted by Crippen LogP contribution is -2.38. The Morgan fingerprint density at radius 3 is 2.87 bits per heavy atom. The van der Waals surface area contributed by atoms with Gasteiger partial charge in [-0.1, -0.05) is 19.1 Å². The minimum atomic E-state index is -0.145. The van der Waals surface area contributed by atoms with E-state index >= 15 is 0 Å². The van der Waals surface area contributed by atoms with E-state index in [9.17, 15) is 9.90 Å². The third-order valence-corrected chi connectivity index (χ3v) is 3.58. The van der Waals surface area contributed by atoms with Crippen LogP contribution in [0.1, 0.15) is 24.8 Å². The number of likely N-dealkylation sites (tertiary alicyclic amines) is 1. The summed E-state index contributed by atoms with van der Waals surface area (Å²) in [5, 5.41) is 13.8. The molecule has 124 valence electrons. The molecule has 2 rings (SSSR count). The highest BCUT2D eigenvalue weighted by Crippen LogP contribution is 2.22. The van der Waals surface area contributed by atoms with Gasteiger partial charge in [-0.3, -0.25) is 9.69 Å². The van der Waals surface area contributed by atoms with Gasteiger partial charge in [0.2, 0.25) is 0 Å². The number of carbonyl (C=O) groups excluding carboxylic acids is 1. The molecule has 6 heteroatoms. The van der Waals surface area contributed by atoms with Crippen LogP contribution in [0.2, 0.25) is 0 Å². The van der Waals surface area contributed by atoms with Crippen molar-refractivity contribution in [3.63, 3.8) is 0 Å². The number of hydrazone groups is 1. The first-order valence-electron chi connectivity index (χ1n) is 7.80. The number of aromatic hydroxyl groups is 1. The fourth-order valence-corrected chi connectivity index (χ4v) is 2.41. The van der Waals surface area contributed by atoms with E-state index in [-0.39, 0.29) is 11.7 Å². The monoisotopic (exact) mass is 317 g/mol. The number of amides is 1. The van der Waals surface area contributed by atoms with E-state index in [1.54, 1.807) is 18.2 Å². The molecule has 0 atom stereocenters. The molecular formula is C17H23N3O3. The summed E-state index contributed by atoms with van der Waals surface area (Å²) in [6.45, 7) is 6.22. The maximum absolute atomic E-state index is 11.8. The van der Waals surface area contributed by atoms with Crippen molar-refractivity contribution in [2.75, 3.05) is 26.2 Å². The molecule has 0 bridgehead atoms. The average molecular weight is 317 g/mol. The summed E-state index contributed by atoms with van der Waals surface area (Å²) in [6, 6.07) is 4.90. The Balaban J connectivity index is 1.82. The summed E-state index contributed by atoms with van der Waals surface area (Å²) in [5.74, 6) is 0.447. The molecule has 1 heterocycles. The molecule has 0 spiro atoms. The second-order valence-corrected chi connectivity index (χ2v) is 5.45. The minimum absolute atomic E-state index is 0.0422. The van der Waals surface area contributed by atoms with Gasteiger partial charge >= 0.3 is 0 Å². The molecule has 2 N–H and O–H groups in total. The predicted octanol–water partition coefficient (Wildman–Crippen LogP) is 1.89. The molecule has 6 nitrogen and oxygen atoms in total. The van der Waals surface area contributed by atoms with Crippen LogP contribution in [0, 0.1) is 0 Å². The maximum atomic E-state index is 11.8. The van der Waals surface area contributed by atoms with Gasteiger partial charge in [-0.05, 0) is 38.1 Å². The van der Waals surface area contributed by atoms with Crippen LogP contribution in [0.15, 0.2) is 36.0 Å². The third-order valence-electron chi connectivity index (χ3n) is 3.58. The number of carbonyl (C=O) groups is 1. The SMILES string of the molecule is C=CCOc1ccc(/C=N\NC(=O)CN2CCCCC2)c(O)c1. The zero-order valence-electron chi connectivity index (χ0n) is 13.2. The molecule has 1 amide bonds. The van der Waals surface area contributed by atoms with Crippen molar-refractivity contribution < 1.29 is 14.6 Å². The summed E-state index contributed by atoms with van der Waals surface area (Å²) < 4.78 is 5.32. The van der Waals surface area contributed by atoms with Crippen molar-refractivity contribution in [1.29, 1.82) is 0 Å². The summed E-state index contributed by atoms with van der Waals surface area (Å²) in [6.07, 6.45) is 6.57. The first kappa shape index (κ1) is 17.0. The Kier molecular flexibility index (Phi) is 6.62. The van der Waals surface area contributed by atoms with Crippen molar-refractivity contribution in [2.45, 2.75) is 19.3 Å². The number of ether oxygens (including phenoxy) is 1. The summed E-state index contributed by atoms with van der Waals surface area (Å²) in [5.41, 5.74) is 3.00. The second-order valence-electron chi connectivity index (χ2n) is 5.45. The largest absolute Gasteiger partial charge is 0.507 e. The van der Waals surface area contributed by atoms with Gasteiger partial charge in [0.1, 0.15) is 18.1 Å². The lowest BCUT2D eigenvalue weighted by atomic mass is 10.1. The van der Waals surface area contributed by atoms with Crippen molar-refractivity contribution >= 4 is 12.1 Å². The molecule has 0 saturated carbocycles. The van der Waals surface area contributed by atoms with Crippen LogP contribution in [-0.4, -0.2) is 48.4 Å². The molecule has 0 aromatic heterocycles. The molecule has 23 heavy (non-hydrogen) atoms. The lowest BCUT2D eigenvalue weighted by molar-refractivity contribution is -0.122. The van der Waals surface area contributed by atoms with Crippen molar-refractivity contribution in [3.05, 3.63) is 36.4 Å². The summed E-state index contributed by atoms with van der Waals surface area (Å²) in [7, 11) is 0. The van der Waals surface area contributed by atoms with Crippen LogP contribution >= 0.6 is 0 Å². The minimum Gasteiger partial charge on any atom is -0.507 e. The summed E-state index contributed by atoms with van der Waals surface area (Å²) >= 11 is 0. The molecule has 1 aliphatic rings. The lowest BCUT2D eigenvalue weighted by Gasteiger charge is -2.25. The van der Waals surface area contributed by atoms with E-state index in [1.807, 2.05) is 0 Å². The van der Waals surface area contributed by atoms with Crippen LogP contribution in [0.5, 0.6) is 11.5 Å². The van der Waals surface area contributed by atoms with Crippen LogP contribution < -0.4 is 10.2 Å². The Labute approximate surface area is 136 Å². The van der Waals surface area contributed by atoms with Gasteiger partial charge < -0.3 is 9.84 Å². The molecule has 1 aromatic carbocycles. The number of hydrogen-bond donors (Lipinski definition) is 2. The highest BCUT2D eigenvalue weighted by Gasteiger charge is 2.13. The van der Waals surface area contributed by atoms with Crippen LogP contribution in [0.3, 0.4) is 0 Å². The van der Waals surface area contributed by atoms with E-state index in [4.69, 9.17) is 4.74 Å². The fourth-order valence-electron chi connectivity index (χ4n) is 2.41. The van der Waals surface area contributed by atoms with Gasteiger partial charge in [-0.2, -0.15) is 5.10 Å². The predicted molar refractivity (Wildman–Crippen MR) is 89.8 cm³/mol. The molecule has 1 aliphatic heterocycles. The summed E-state index contributed by atoms with van der Waals surface area (Å²) in [4.78, 5) is 13.9. The first-order chi connectivity index (χ1) is 11.2. The molecule has 0 radical (unpaired) electrons. The zero-order chi connectivity index (χ0) is 16.5. The van der Waals surface area contributed by atoms with Crippen LogP contribution in [-0.2, 0) is 4.79 Å². The normalized spacial score (nSPS) is 15.5. The molecule has 1 aromatic rings. The Morgan fingerprint density at radius 2 is 2.17 bits per heavy atom. The smallest absolute Gasteiger partial charge is 0.254 e. The highest BCUT2D eigenvalue weighted by molar-refractivity contribution is 5.85. The zero-order valence-corrected chi connectivity index (χ0v) is 13.2. The maximum Gasteiger partial charge on any atom is 0.254 e. The third kappa shape index (κ3) is 5.75. The fraction of sp³-hybridized carbons (Fsp3) is 0.412. The first-order valence-corrected chi connectivity index (χ1v) is 7.80. The van der Waals surface area contributed by atoms with Crippen LogP contribution in [0.4, 0.5) is 0 Å². The Hall–Kier alpha value is -2.34. The number of nitrogens with one attached hydrogen (secondary N) is 1. The van der Waals surface area contributed by atoms with E-state index in [0.29, 0.717) is 24.5 Å². The van der Waals surface area contributed by atoms with Gasteiger partial charge in [-0.15, -0.1) is 0 Å². The van der Waals surface area contributed by atoms with E-state index < -0.39 is 0 Å². The molecule has 1 fully saturated rings. The Bertz CT molecular complexity index is 566. The quantitative estimate of drug-likeness (QED) is 0.457. The molecule has 0 unspecified atom stereocenters. The molecule has 0 aliphatic carbocycles. The van der Waals surface area contributed by atoms with Gasteiger partial charge in [0.05, 0.1) is 12.8 Å². The van der Waals surface area contributed by atoms with E-state index in [0.717, 1.165) is 25.9 Å². The number of benzene rings is 1. The number of nitrogens with zero attached hydrogens (tertiary/aromatic N) is 2. The number of hydrogen-bond acceptors (Lipinski definition) is 5. The van der Waals surface area contributed by atoms with Crippen molar-refractivity contribution in [2.24, 2.45) is 5.10 Å². The average Bonchev–Trinajstić information content (AvgIpc) is 2.55. The van der Waals surface area contributed by atoms with Gasteiger partial charge in [-0.25, -0.2) is 5.43 Å². The topological polar surface area (TPSA) is 74.2 Å². The Morgan fingerprint density at radius 1 is 1.39 bits per heavy atom. The second kappa shape index (κ2) is 8.95. The number of rotatable bonds is 7. The van der Waals surface area contributed by atoms with Gasteiger partial charge in [0.15, 0.2) is 0 Å².